The summed E-state index contributed by atoms with van der Waals surface area (Å²) in [4.78, 5) is 0. The van der Waals surface area contributed by atoms with Crippen LogP contribution in [0.5, 0.6) is 0 Å². The molecule has 1 rings (SSSR count). The third-order valence-electron chi connectivity index (χ3n) is 2.90. The van der Waals surface area contributed by atoms with E-state index in [4.69, 9.17) is 0 Å². The van der Waals surface area contributed by atoms with Gasteiger partial charge in [0.25, 0.3) is 0 Å². The van der Waals surface area contributed by atoms with Crippen molar-refractivity contribution in [2.24, 2.45) is 0 Å². The van der Waals surface area contributed by atoms with Gasteiger partial charge >= 0.3 is 0 Å². The van der Waals surface area contributed by atoms with Gasteiger partial charge in [0, 0.05) is 0 Å². The Bertz CT molecular complexity index is 266. The van der Waals surface area contributed by atoms with E-state index in [1.54, 1.807) is 11.1 Å². The first-order chi connectivity index (χ1) is 6.70. The summed E-state index contributed by atoms with van der Waals surface area (Å²) in [6.45, 7) is 9.00. The van der Waals surface area contributed by atoms with E-state index in [2.05, 4.69) is 39.8 Å². The highest BCUT2D eigenvalue weighted by molar-refractivity contribution is 5.40. The van der Waals surface area contributed by atoms with Crippen molar-refractivity contribution in [3.63, 3.8) is 0 Å². The summed E-state index contributed by atoms with van der Waals surface area (Å²) in [5.74, 6) is 0. The molecule has 0 saturated carbocycles. The van der Waals surface area contributed by atoms with Crippen molar-refractivity contribution in [3.8, 4) is 0 Å². The van der Waals surface area contributed by atoms with Gasteiger partial charge in [-0.25, -0.2) is 0 Å². The van der Waals surface area contributed by atoms with E-state index in [0.717, 1.165) is 0 Å². The molecule has 0 fully saturated rings. The highest BCUT2D eigenvalue weighted by Gasteiger charge is 2.06. The fourth-order valence-electron chi connectivity index (χ4n) is 2.12. The standard InChI is InChI=1S/C14H22/c1-5-7-13-11(3)9-10-12(4)14(13)8-6-2/h9-10H,5-8H2,1-4H3. The van der Waals surface area contributed by atoms with Crippen LogP contribution in [0.3, 0.4) is 0 Å². The topological polar surface area (TPSA) is 0 Å². The van der Waals surface area contributed by atoms with Crippen LogP contribution in [0.2, 0.25) is 0 Å². The van der Waals surface area contributed by atoms with E-state index in [0.29, 0.717) is 0 Å². The van der Waals surface area contributed by atoms with Crippen molar-refractivity contribution in [2.75, 3.05) is 0 Å². The molecule has 0 spiro atoms. The maximum Gasteiger partial charge on any atom is -0.0276 e. The van der Waals surface area contributed by atoms with Gasteiger partial charge in [0.1, 0.15) is 0 Å². The quantitative estimate of drug-likeness (QED) is 0.667. The lowest BCUT2D eigenvalue weighted by atomic mass is 9.91. The summed E-state index contributed by atoms with van der Waals surface area (Å²) in [5.41, 5.74) is 6.16. The molecule has 0 aromatic heterocycles. The molecular formula is C14H22. The zero-order valence-corrected chi connectivity index (χ0v) is 9.98. The summed E-state index contributed by atoms with van der Waals surface area (Å²) in [7, 11) is 0. The molecule has 0 unspecified atom stereocenters. The first kappa shape index (κ1) is 11.3. The minimum atomic E-state index is 1.24. The van der Waals surface area contributed by atoms with E-state index < -0.39 is 0 Å². The zero-order valence-electron chi connectivity index (χ0n) is 9.98. The van der Waals surface area contributed by atoms with Crippen LogP contribution in [0.25, 0.3) is 0 Å². The Kier molecular flexibility index (Phi) is 4.19. The van der Waals surface area contributed by atoms with Gasteiger partial charge in [0.2, 0.25) is 0 Å². The van der Waals surface area contributed by atoms with Crippen molar-refractivity contribution >= 4 is 0 Å². The molecule has 1 aromatic rings. The van der Waals surface area contributed by atoms with Crippen LogP contribution in [-0.4, -0.2) is 0 Å². The summed E-state index contributed by atoms with van der Waals surface area (Å²) in [6, 6.07) is 4.53. The average molecular weight is 190 g/mol. The normalized spacial score (nSPS) is 10.6. The van der Waals surface area contributed by atoms with Crippen LogP contribution in [0.4, 0.5) is 0 Å². The minimum Gasteiger partial charge on any atom is -0.0651 e. The molecule has 0 aliphatic heterocycles. The third kappa shape index (κ3) is 2.37. The minimum absolute atomic E-state index is 1.24. The van der Waals surface area contributed by atoms with E-state index in [-0.39, 0.29) is 0 Å². The Balaban J connectivity index is 3.12. The van der Waals surface area contributed by atoms with Crippen molar-refractivity contribution in [2.45, 2.75) is 53.4 Å². The Morgan fingerprint density at radius 2 is 1.14 bits per heavy atom. The summed E-state index contributed by atoms with van der Waals surface area (Å²) in [6.07, 6.45) is 4.98. The summed E-state index contributed by atoms with van der Waals surface area (Å²) in [5, 5.41) is 0. The van der Waals surface area contributed by atoms with Crippen LogP contribution in [0.15, 0.2) is 12.1 Å². The second-order valence-electron chi connectivity index (χ2n) is 4.16. The predicted octanol–water partition coefficient (Wildman–Crippen LogP) is 4.21. The molecule has 0 N–H and O–H groups in total. The first-order valence-corrected chi connectivity index (χ1v) is 5.78. The highest BCUT2D eigenvalue weighted by Crippen LogP contribution is 2.21. The molecule has 0 bridgehead atoms. The molecular weight excluding hydrogens is 168 g/mol. The molecule has 0 amide bonds. The number of benzene rings is 1. The molecule has 0 radical (unpaired) electrons. The lowest BCUT2D eigenvalue weighted by molar-refractivity contribution is 0.847. The van der Waals surface area contributed by atoms with Crippen LogP contribution < -0.4 is 0 Å². The molecule has 0 atom stereocenters. The van der Waals surface area contributed by atoms with Crippen LogP contribution in [-0.2, 0) is 12.8 Å². The molecule has 0 heteroatoms. The van der Waals surface area contributed by atoms with Gasteiger partial charge in [0.05, 0.1) is 0 Å². The third-order valence-corrected chi connectivity index (χ3v) is 2.90. The van der Waals surface area contributed by atoms with E-state index >= 15 is 0 Å². The van der Waals surface area contributed by atoms with Crippen molar-refractivity contribution in [3.05, 3.63) is 34.4 Å². The van der Waals surface area contributed by atoms with Crippen molar-refractivity contribution < 1.29 is 0 Å². The molecule has 0 heterocycles. The monoisotopic (exact) mass is 190 g/mol. The van der Waals surface area contributed by atoms with Crippen molar-refractivity contribution in [1.29, 1.82) is 0 Å². The van der Waals surface area contributed by atoms with E-state index in [1.807, 2.05) is 0 Å². The van der Waals surface area contributed by atoms with Gasteiger partial charge in [-0.05, 0) is 48.9 Å². The molecule has 0 nitrogen and oxygen atoms in total. The van der Waals surface area contributed by atoms with Gasteiger partial charge in [0.15, 0.2) is 0 Å². The zero-order chi connectivity index (χ0) is 10.6. The van der Waals surface area contributed by atoms with Crippen LogP contribution in [0.1, 0.15) is 48.9 Å². The van der Waals surface area contributed by atoms with Gasteiger partial charge in [-0.15, -0.1) is 0 Å². The van der Waals surface area contributed by atoms with Gasteiger partial charge in [-0.1, -0.05) is 38.8 Å². The van der Waals surface area contributed by atoms with Crippen LogP contribution in [0, 0.1) is 13.8 Å². The maximum atomic E-state index is 2.26. The molecule has 0 aliphatic carbocycles. The lowest BCUT2D eigenvalue weighted by Crippen LogP contribution is -2.00. The number of hydrogen-bond acceptors (Lipinski definition) is 0. The molecule has 78 valence electrons. The smallest absolute Gasteiger partial charge is 0.0276 e. The Labute approximate surface area is 88.4 Å². The van der Waals surface area contributed by atoms with E-state index in [1.165, 1.54) is 36.8 Å². The predicted molar refractivity (Wildman–Crippen MR) is 63.9 cm³/mol. The lowest BCUT2D eigenvalue weighted by Gasteiger charge is -2.14. The second kappa shape index (κ2) is 5.19. The summed E-state index contributed by atoms with van der Waals surface area (Å²) >= 11 is 0. The molecule has 1 aromatic carbocycles. The molecule has 0 aliphatic rings. The fraction of sp³-hybridized carbons (Fsp3) is 0.571. The number of rotatable bonds is 4. The Hall–Kier alpha value is -0.780. The second-order valence-corrected chi connectivity index (χ2v) is 4.16. The van der Waals surface area contributed by atoms with Crippen molar-refractivity contribution in [1.82, 2.24) is 0 Å². The van der Waals surface area contributed by atoms with Gasteiger partial charge < -0.3 is 0 Å². The first-order valence-electron chi connectivity index (χ1n) is 5.78. The maximum absolute atomic E-state index is 2.26. The van der Waals surface area contributed by atoms with Gasteiger partial charge in [-0.2, -0.15) is 0 Å². The Morgan fingerprint density at radius 1 is 0.786 bits per heavy atom. The average Bonchev–Trinajstić information content (AvgIpc) is 2.17. The van der Waals surface area contributed by atoms with E-state index in [9.17, 15) is 0 Å². The number of aryl methyl sites for hydroxylation is 2. The largest absolute Gasteiger partial charge is 0.0651 e. The SMILES string of the molecule is CCCc1c(C)ccc(C)c1CCC. The highest BCUT2D eigenvalue weighted by atomic mass is 14.1. The van der Waals surface area contributed by atoms with Gasteiger partial charge in [-0.3, -0.25) is 0 Å². The number of hydrogen-bond donors (Lipinski definition) is 0. The Morgan fingerprint density at radius 3 is 1.43 bits per heavy atom. The molecule has 0 saturated heterocycles. The van der Waals surface area contributed by atoms with Crippen LogP contribution >= 0.6 is 0 Å². The molecule has 14 heavy (non-hydrogen) atoms. The fourth-order valence-corrected chi connectivity index (χ4v) is 2.12. The summed E-state index contributed by atoms with van der Waals surface area (Å²) < 4.78 is 0.